The third-order valence-electron chi connectivity index (χ3n) is 5.20. The van der Waals surface area contributed by atoms with Gasteiger partial charge in [0.15, 0.2) is 16.9 Å². The normalized spacial score (nSPS) is 10.6. The molecule has 0 atom stereocenters. The van der Waals surface area contributed by atoms with Crippen molar-refractivity contribution in [2.75, 3.05) is 14.2 Å². The summed E-state index contributed by atoms with van der Waals surface area (Å²) in [7, 11) is 3.22. The van der Waals surface area contributed by atoms with Gasteiger partial charge in [0.25, 0.3) is 0 Å². The van der Waals surface area contributed by atoms with Crippen molar-refractivity contribution in [3.8, 4) is 39.7 Å². The van der Waals surface area contributed by atoms with Gasteiger partial charge in [-0.2, -0.15) is 0 Å². The van der Waals surface area contributed by atoms with Gasteiger partial charge in [0, 0.05) is 22.9 Å². The summed E-state index contributed by atoms with van der Waals surface area (Å²) >= 11 is 0. The highest BCUT2D eigenvalue weighted by atomic mass is 16.5. The Hall–Kier alpha value is -3.79. The summed E-state index contributed by atoms with van der Waals surface area (Å²) in [6, 6.07) is 27.4. The Bertz CT molecular complexity index is 1230. The predicted molar refractivity (Wildman–Crippen MR) is 121 cm³/mol. The minimum absolute atomic E-state index is 0.00850. The van der Waals surface area contributed by atoms with Crippen LogP contribution in [0, 0.1) is 6.92 Å². The van der Waals surface area contributed by atoms with Gasteiger partial charge in [0.1, 0.15) is 0 Å². The number of aromatic nitrogens is 1. The van der Waals surface area contributed by atoms with Gasteiger partial charge < -0.3 is 14.0 Å². The van der Waals surface area contributed by atoms with Crippen LogP contribution in [0.4, 0.5) is 0 Å². The van der Waals surface area contributed by atoms with Gasteiger partial charge >= 0.3 is 0 Å². The average molecular weight is 397 g/mol. The molecule has 30 heavy (non-hydrogen) atoms. The lowest BCUT2D eigenvalue weighted by Gasteiger charge is -2.22. The van der Waals surface area contributed by atoms with Crippen LogP contribution < -0.4 is 14.9 Å². The van der Waals surface area contributed by atoms with Crippen molar-refractivity contribution in [2.45, 2.75) is 6.92 Å². The summed E-state index contributed by atoms with van der Waals surface area (Å²) in [5, 5.41) is 0. The SMILES string of the molecule is COc1ccc(-c2cc(=O)c(C)c(-c3ccccc3)n2-c2ccccc2)cc1OC. The first-order valence-corrected chi connectivity index (χ1v) is 9.74. The van der Waals surface area contributed by atoms with Crippen LogP contribution >= 0.6 is 0 Å². The number of methoxy groups -OCH3 is 2. The lowest BCUT2D eigenvalue weighted by molar-refractivity contribution is 0.355. The van der Waals surface area contributed by atoms with Gasteiger partial charge in [0.05, 0.1) is 25.6 Å². The number of pyridine rings is 1. The zero-order valence-electron chi connectivity index (χ0n) is 17.3. The van der Waals surface area contributed by atoms with Gasteiger partial charge in [-0.1, -0.05) is 48.5 Å². The van der Waals surface area contributed by atoms with Crippen molar-refractivity contribution in [3.63, 3.8) is 0 Å². The molecule has 0 spiro atoms. The monoisotopic (exact) mass is 397 g/mol. The molecule has 4 heteroatoms. The van der Waals surface area contributed by atoms with Crippen LogP contribution in [0.5, 0.6) is 11.5 Å². The zero-order valence-corrected chi connectivity index (χ0v) is 17.3. The van der Waals surface area contributed by atoms with Crippen molar-refractivity contribution < 1.29 is 9.47 Å². The van der Waals surface area contributed by atoms with E-state index in [4.69, 9.17) is 9.47 Å². The maximum atomic E-state index is 13.0. The molecule has 0 fully saturated rings. The summed E-state index contributed by atoms with van der Waals surface area (Å²) in [5.74, 6) is 1.26. The van der Waals surface area contributed by atoms with E-state index in [2.05, 4.69) is 4.57 Å². The molecule has 4 rings (SSSR count). The highest BCUT2D eigenvalue weighted by molar-refractivity contribution is 5.74. The first kappa shape index (κ1) is 19.5. The Morgan fingerprint density at radius 2 is 1.33 bits per heavy atom. The predicted octanol–water partition coefficient (Wildman–Crippen LogP) is 5.50. The first-order chi connectivity index (χ1) is 14.6. The van der Waals surface area contributed by atoms with E-state index in [1.807, 2.05) is 85.8 Å². The molecule has 4 nitrogen and oxygen atoms in total. The van der Waals surface area contributed by atoms with Gasteiger partial charge in [0.2, 0.25) is 0 Å². The van der Waals surface area contributed by atoms with E-state index >= 15 is 0 Å². The van der Waals surface area contributed by atoms with Crippen molar-refractivity contribution in [1.29, 1.82) is 0 Å². The first-order valence-electron chi connectivity index (χ1n) is 9.74. The Labute approximate surface area is 176 Å². The molecule has 0 aliphatic carbocycles. The molecule has 3 aromatic carbocycles. The number of benzene rings is 3. The quantitative estimate of drug-likeness (QED) is 0.447. The van der Waals surface area contributed by atoms with E-state index in [1.54, 1.807) is 20.3 Å². The molecule has 0 radical (unpaired) electrons. The molecule has 0 saturated carbocycles. The highest BCUT2D eigenvalue weighted by Crippen LogP contribution is 2.35. The molecule has 4 aromatic rings. The largest absolute Gasteiger partial charge is 0.493 e. The number of para-hydroxylation sites is 1. The molecule has 1 aromatic heterocycles. The lowest BCUT2D eigenvalue weighted by atomic mass is 10.0. The molecule has 0 bridgehead atoms. The van der Waals surface area contributed by atoms with E-state index in [9.17, 15) is 4.79 Å². The molecular weight excluding hydrogens is 374 g/mol. The average Bonchev–Trinajstić information content (AvgIpc) is 2.81. The third-order valence-corrected chi connectivity index (χ3v) is 5.20. The maximum absolute atomic E-state index is 13.0. The minimum Gasteiger partial charge on any atom is -0.493 e. The van der Waals surface area contributed by atoms with Crippen LogP contribution in [0.15, 0.2) is 89.7 Å². The van der Waals surface area contributed by atoms with Crippen molar-refractivity contribution >= 4 is 0 Å². The molecular formula is C26H23NO3. The second kappa shape index (κ2) is 8.29. The van der Waals surface area contributed by atoms with Crippen LogP contribution in [0.3, 0.4) is 0 Å². The van der Waals surface area contributed by atoms with Gasteiger partial charge in [-0.3, -0.25) is 4.79 Å². The van der Waals surface area contributed by atoms with E-state index in [-0.39, 0.29) is 5.43 Å². The summed E-state index contributed by atoms with van der Waals surface area (Å²) in [5.41, 5.74) is 5.18. The molecule has 1 heterocycles. The van der Waals surface area contributed by atoms with E-state index < -0.39 is 0 Å². The van der Waals surface area contributed by atoms with E-state index in [0.29, 0.717) is 17.1 Å². The van der Waals surface area contributed by atoms with Gasteiger partial charge in [-0.05, 0) is 42.8 Å². The van der Waals surface area contributed by atoms with Crippen LogP contribution in [0.1, 0.15) is 5.56 Å². The summed E-state index contributed by atoms with van der Waals surface area (Å²) < 4.78 is 13.0. The number of ether oxygens (including phenoxy) is 2. The summed E-state index contributed by atoms with van der Waals surface area (Å²) in [6.07, 6.45) is 0. The Morgan fingerprint density at radius 3 is 1.97 bits per heavy atom. The number of nitrogens with zero attached hydrogens (tertiary/aromatic N) is 1. The second-order valence-electron chi connectivity index (χ2n) is 6.97. The van der Waals surface area contributed by atoms with Crippen molar-refractivity contribution in [3.05, 3.63) is 101 Å². The molecule has 150 valence electrons. The number of hydrogen-bond donors (Lipinski definition) is 0. The molecule has 0 unspecified atom stereocenters. The fourth-order valence-electron chi connectivity index (χ4n) is 3.70. The van der Waals surface area contributed by atoms with E-state index in [1.165, 1.54) is 0 Å². The lowest BCUT2D eigenvalue weighted by Crippen LogP contribution is -2.15. The Balaban J connectivity index is 2.10. The van der Waals surface area contributed by atoms with Crippen LogP contribution in [-0.2, 0) is 0 Å². The Morgan fingerprint density at radius 1 is 0.700 bits per heavy atom. The molecule has 0 amide bonds. The molecule has 0 aliphatic heterocycles. The van der Waals surface area contributed by atoms with Crippen molar-refractivity contribution in [2.24, 2.45) is 0 Å². The maximum Gasteiger partial charge on any atom is 0.185 e. The highest BCUT2D eigenvalue weighted by Gasteiger charge is 2.18. The number of hydrogen-bond acceptors (Lipinski definition) is 3. The zero-order chi connectivity index (χ0) is 21.1. The van der Waals surface area contributed by atoms with Crippen LogP contribution in [-0.4, -0.2) is 18.8 Å². The topological polar surface area (TPSA) is 40.5 Å². The van der Waals surface area contributed by atoms with Gasteiger partial charge in [-0.15, -0.1) is 0 Å². The van der Waals surface area contributed by atoms with Crippen LogP contribution in [0.2, 0.25) is 0 Å². The summed E-state index contributed by atoms with van der Waals surface area (Å²) in [4.78, 5) is 13.0. The van der Waals surface area contributed by atoms with E-state index in [0.717, 1.165) is 28.2 Å². The van der Waals surface area contributed by atoms with Crippen LogP contribution in [0.25, 0.3) is 28.2 Å². The smallest absolute Gasteiger partial charge is 0.185 e. The molecule has 0 aliphatic rings. The minimum atomic E-state index is -0.00850. The molecule has 0 N–H and O–H groups in total. The number of rotatable bonds is 5. The fraction of sp³-hybridized carbons (Fsp3) is 0.115. The molecule has 0 saturated heterocycles. The Kier molecular flexibility index (Phi) is 5.40. The van der Waals surface area contributed by atoms with Gasteiger partial charge in [-0.25, -0.2) is 0 Å². The standard InChI is InChI=1S/C26H23NO3/c1-18-23(28)17-22(20-14-15-24(29-2)25(16-20)30-3)27(21-12-8-5-9-13-21)26(18)19-10-6-4-7-11-19/h4-17H,1-3H3. The van der Waals surface area contributed by atoms with Crippen molar-refractivity contribution in [1.82, 2.24) is 4.57 Å². The second-order valence-corrected chi connectivity index (χ2v) is 6.97. The summed E-state index contributed by atoms with van der Waals surface area (Å²) in [6.45, 7) is 1.88. The third kappa shape index (κ3) is 3.48. The fourth-order valence-corrected chi connectivity index (χ4v) is 3.70.